The summed E-state index contributed by atoms with van der Waals surface area (Å²) in [7, 11) is 0. The van der Waals surface area contributed by atoms with Crippen LogP contribution in [0.5, 0.6) is 0 Å². The topological polar surface area (TPSA) is 107 Å². The molecule has 21 heavy (non-hydrogen) atoms. The van der Waals surface area contributed by atoms with Crippen LogP contribution in [0.2, 0.25) is 0 Å². The number of carboxylic acids is 1. The lowest BCUT2D eigenvalue weighted by Crippen LogP contribution is -2.54. The summed E-state index contributed by atoms with van der Waals surface area (Å²) in [5.74, 6) is -4.04. The number of carbonyl (C=O) groups is 4. The minimum absolute atomic E-state index is 0.169. The van der Waals surface area contributed by atoms with Crippen molar-refractivity contribution in [1.29, 1.82) is 0 Å². The normalized spacial score (nSPS) is 18.0. The van der Waals surface area contributed by atoms with E-state index in [1.165, 1.54) is 6.92 Å². The predicted molar refractivity (Wildman–Crippen MR) is 71.9 cm³/mol. The molecule has 1 N–H and O–H groups in total. The average Bonchev–Trinajstić information content (AvgIpc) is 2.61. The maximum atomic E-state index is 12.0. The Balaban J connectivity index is 2.83. The lowest BCUT2D eigenvalue weighted by Gasteiger charge is -2.25. The molecule has 0 bridgehead atoms. The van der Waals surface area contributed by atoms with Crippen LogP contribution in [0.25, 0.3) is 0 Å². The number of rotatable bonds is 6. The number of hydrogen-bond donors (Lipinski definition) is 1. The molecular formula is C12H13Cl2N2O5-. The predicted octanol–water partition coefficient (Wildman–Crippen LogP) is -0.532. The van der Waals surface area contributed by atoms with Gasteiger partial charge in [0.2, 0.25) is 5.91 Å². The summed E-state index contributed by atoms with van der Waals surface area (Å²) in [6.45, 7) is 3.01. The van der Waals surface area contributed by atoms with E-state index >= 15 is 0 Å². The molecule has 0 aromatic rings. The summed E-state index contributed by atoms with van der Waals surface area (Å²) in [6, 6.07) is -2.44. The smallest absolute Gasteiger partial charge is 0.274 e. The standard InChI is InChI=1S/C12H14Cl2N2O5/c1-3-4-6(12(20)21)15-9(17)5(2)16-10(18)7(13)8(14)11(16)19/h5-6H,3-4H2,1-2H3,(H,15,17)(H,20,21)/p-1/t5-,6+/m0/s1. The third-order valence-corrected chi connectivity index (χ3v) is 3.75. The van der Waals surface area contributed by atoms with Gasteiger partial charge in [-0.05, 0) is 13.3 Å². The van der Waals surface area contributed by atoms with Gasteiger partial charge in [0.15, 0.2) is 0 Å². The Hall–Kier alpha value is -1.60. The van der Waals surface area contributed by atoms with Crippen molar-refractivity contribution in [3.05, 3.63) is 10.1 Å². The molecule has 0 aromatic heterocycles. The Morgan fingerprint density at radius 2 is 1.71 bits per heavy atom. The quantitative estimate of drug-likeness (QED) is 0.656. The van der Waals surface area contributed by atoms with Gasteiger partial charge in [-0.3, -0.25) is 19.3 Å². The molecule has 9 heteroatoms. The highest BCUT2D eigenvalue weighted by Crippen LogP contribution is 2.28. The van der Waals surface area contributed by atoms with Crippen molar-refractivity contribution in [3.63, 3.8) is 0 Å². The Morgan fingerprint density at radius 3 is 2.10 bits per heavy atom. The summed E-state index contributed by atoms with van der Waals surface area (Å²) in [5.41, 5.74) is 0. The molecule has 0 spiro atoms. The maximum Gasteiger partial charge on any atom is 0.274 e. The summed E-state index contributed by atoms with van der Waals surface area (Å²) < 4.78 is 0. The van der Waals surface area contributed by atoms with Gasteiger partial charge < -0.3 is 15.2 Å². The molecule has 0 unspecified atom stereocenters. The number of aliphatic carboxylic acids is 1. The fourth-order valence-corrected chi connectivity index (χ4v) is 2.13. The first-order valence-electron chi connectivity index (χ1n) is 6.16. The van der Waals surface area contributed by atoms with Crippen LogP contribution < -0.4 is 10.4 Å². The van der Waals surface area contributed by atoms with Crippen LogP contribution in [0.4, 0.5) is 0 Å². The number of imide groups is 1. The van der Waals surface area contributed by atoms with E-state index in [4.69, 9.17) is 23.2 Å². The minimum atomic E-state index is -1.44. The lowest BCUT2D eigenvalue weighted by molar-refractivity contribution is -0.308. The second kappa shape index (κ2) is 6.91. The van der Waals surface area contributed by atoms with E-state index in [-0.39, 0.29) is 6.42 Å². The molecule has 3 amide bonds. The van der Waals surface area contributed by atoms with Crippen LogP contribution >= 0.6 is 23.2 Å². The first kappa shape index (κ1) is 17.5. The van der Waals surface area contributed by atoms with Crippen LogP contribution in [0, 0.1) is 0 Å². The van der Waals surface area contributed by atoms with Gasteiger partial charge in [-0.2, -0.15) is 0 Å². The average molecular weight is 336 g/mol. The molecule has 0 aromatic carbocycles. The molecular weight excluding hydrogens is 323 g/mol. The molecule has 0 saturated heterocycles. The van der Waals surface area contributed by atoms with Crippen molar-refractivity contribution >= 4 is 46.9 Å². The minimum Gasteiger partial charge on any atom is -0.548 e. The highest BCUT2D eigenvalue weighted by molar-refractivity contribution is 6.58. The second-order valence-electron chi connectivity index (χ2n) is 4.45. The molecule has 0 aliphatic carbocycles. The molecule has 7 nitrogen and oxygen atoms in total. The fraction of sp³-hybridized carbons (Fsp3) is 0.500. The van der Waals surface area contributed by atoms with Crippen molar-refractivity contribution < 1.29 is 24.3 Å². The van der Waals surface area contributed by atoms with Crippen molar-refractivity contribution in [3.8, 4) is 0 Å². The van der Waals surface area contributed by atoms with Gasteiger partial charge in [-0.1, -0.05) is 36.5 Å². The van der Waals surface area contributed by atoms with Crippen molar-refractivity contribution in [2.24, 2.45) is 0 Å². The van der Waals surface area contributed by atoms with Gasteiger partial charge in [-0.15, -0.1) is 0 Å². The van der Waals surface area contributed by atoms with Crippen LogP contribution in [0.1, 0.15) is 26.7 Å². The highest BCUT2D eigenvalue weighted by Gasteiger charge is 2.42. The number of hydrogen-bond acceptors (Lipinski definition) is 5. The lowest BCUT2D eigenvalue weighted by atomic mass is 10.1. The number of nitrogens with zero attached hydrogens (tertiary/aromatic N) is 1. The zero-order valence-electron chi connectivity index (χ0n) is 11.3. The van der Waals surface area contributed by atoms with Gasteiger partial charge in [0.1, 0.15) is 16.1 Å². The molecule has 0 radical (unpaired) electrons. The van der Waals surface area contributed by atoms with Crippen LogP contribution in [0.15, 0.2) is 10.1 Å². The third-order valence-electron chi connectivity index (χ3n) is 2.95. The van der Waals surface area contributed by atoms with Crippen LogP contribution in [-0.4, -0.2) is 40.7 Å². The zero-order valence-corrected chi connectivity index (χ0v) is 12.8. The van der Waals surface area contributed by atoms with Crippen molar-refractivity contribution in [2.75, 3.05) is 0 Å². The molecule has 116 valence electrons. The third kappa shape index (κ3) is 3.54. The summed E-state index contributed by atoms with van der Waals surface area (Å²) in [4.78, 5) is 46.9. The Kier molecular flexibility index (Phi) is 5.74. The molecule has 1 aliphatic heterocycles. The summed E-state index contributed by atoms with van der Waals surface area (Å²) in [5, 5.41) is 12.2. The van der Waals surface area contributed by atoms with E-state index in [0.717, 1.165) is 0 Å². The molecule has 0 fully saturated rings. The van der Waals surface area contributed by atoms with E-state index in [1.807, 2.05) is 0 Å². The van der Waals surface area contributed by atoms with Gasteiger partial charge in [-0.25, -0.2) is 0 Å². The van der Waals surface area contributed by atoms with Gasteiger partial charge >= 0.3 is 0 Å². The second-order valence-corrected chi connectivity index (χ2v) is 5.21. The molecule has 1 rings (SSSR count). The Morgan fingerprint density at radius 1 is 1.24 bits per heavy atom. The summed E-state index contributed by atoms with van der Waals surface area (Å²) >= 11 is 11.1. The van der Waals surface area contributed by atoms with Crippen molar-refractivity contribution in [2.45, 2.75) is 38.8 Å². The largest absolute Gasteiger partial charge is 0.548 e. The zero-order chi connectivity index (χ0) is 16.3. The molecule has 0 saturated carbocycles. The molecule has 1 heterocycles. The highest BCUT2D eigenvalue weighted by atomic mass is 35.5. The van der Waals surface area contributed by atoms with Gasteiger partial charge in [0, 0.05) is 0 Å². The fourth-order valence-electron chi connectivity index (χ4n) is 1.79. The first-order valence-corrected chi connectivity index (χ1v) is 6.92. The number of nitrogens with one attached hydrogen (secondary N) is 1. The van der Waals surface area contributed by atoms with Crippen LogP contribution in [0.3, 0.4) is 0 Å². The van der Waals surface area contributed by atoms with Crippen molar-refractivity contribution in [1.82, 2.24) is 10.2 Å². The molecule has 1 aliphatic rings. The van der Waals surface area contributed by atoms with E-state index in [1.54, 1.807) is 6.92 Å². The monoisotopic (exact) mass is 335 g/mol. The summed E-state index contributed by atoms with van der Waals surface area (Å²) in [6.07, 6.45) is 0.677. The number of amides is 3. The SMILES string of the molecule is CCC[C@@H](NC(=O)[C@H](C)N1C(=O)C(Cl)=C(Cl)C1=O)C(=O)[O-]. The number of carbonyl (C=O) groups excluding carboxylic acids is 4. The van der Waals surface area contributed by atoms with Crippen LogP contribution in [-0.2, 0) is 19.2 Å². The maximum absolute atomic E-state index is 12.0. The van der Waals surface area contributed by atoms with E-state index in [9.17, 15) is 24.3 Å². The number of carboxylic acid groups (broad SMARTS) is 1. The van der Waals surface area contributed by atoms with Gasteiger partial charge in [0.25, 0.3) is 11.8 Å². The van der Waals surface area contributed by atoms with Gasteiger partial charge in [0.05, 0.1) is 12.0 Å². The number of halogens is 2. The van der Waals surface area contributed by atoms with E-state index < -0.39 is 45.8 Å². The molecule has 2 atom stereocenters. The first-order chi connectivity index (χ1) is 9.72. The van der Waals surface area contributed by atoms with E-state index in [0.29, 0.717) is 11.3 Å². The van der Waals surface area contributed by atoms with E-state index in [2.05, 4.69) is 5.32 Å². The Bertz CT molecular complexity index is 508. The Labute approximate surface area is 130 Å².